The second kappa shape index (κ2) is 6.89. The molecule has 2 rings (SSSR count). The highest BCUT2D eigenvalue weighted by Gasteiger charge is 2.30. The number of hydrogen-bond donors (Lipinski definition) is 2. The molecule has 0 amide bonds. The van der Waals surface area contributed by atoms with Gasteiger partial charge in [0.1, 0.15) is 0 Å². The highest BCUT2D eigenvalue weighted by Crippen LogP contribution is 2.24. The fourth-order valence-electron chi connectivity index (χ4n) is 3.08. The molecule has 110 valence electrons. The van der Waals surface area contributed by atoms with E-state index in [-0.39, 0.29) is 11.8 Å². The molecule has 0 unspecified atom stereocenters. The van der Waals surface area contributed by atoms with E-state index in [0.29, 0.717) is 12.3 Å². The number of benzene rings is 1. The molecule has 1 heterocycles. The lowest BCUT2D eigenvalue weighted by Gasteiger charge is -2.19. The van der Waals surface area contributed by atoms with Crippen LogP contribution in [0.3, 0.4) is 0 Å². The lowest BCUT2D eigenvalue weighted by atomic mass is 9.85. The van der Waals surface area contributed by atoms with Gasteiger partial charge in [0.05, 0.1) is 5.92 Å². The topological polar surface area (TPSA) is 49.3 Å². The molecule has 1 aromatic carbocycles. The number of aliphatic carboxylic acids is 1. The zero-order valence-corrected chi connectivity index (χ0v) is 12.4. The van der Waals surface area contributed by atoms with Crippen molar-refractivity contribution in [2.45, 2.75) is 33.1 Å². The summed E-state index contributed by atoms with van der Waals surface area (Å²) in [7, 11) is 0. The van der Waals surface area contributed by atoms with Crippen LogP contribution in [-0.4, -0.2) is 24.2 Å². The Morgan fingerprint density at radius 2 is 2.05 bits per heavy atom. The molecule has 0 aromatic heterocycles. The third-order valence-corrected chi connectivity index (χ3v) is 4.08. The van der Waals surface area contributed by atoms with Gasteiger partial charge >= 0.3 is 5.97 Å². The van der Waals surface area contributed by atoms with Crippen LogP contribution in [0.4, 0.5) is 0 Å². The summed E-state index contributed by atoms with van der Waals surface area (Å²) in [5, 5.41) is 12.7. The molecule has 2 atom stereocenters. The van der Waals surface area contributed by atoms with Crippen LogP contribution >= 0.6 is 0 Å². The van der Waals surface area contributed by atoms with Crippen molar-refractivity contribution in [1.29, 1.82) is 0 Å². The van der Waals surface area contributed by atoms with E-state index in [0.717, 1.165) is 31.5 Å². The fraction of sp³-hybridized carbons (Fsp3) is 0.588. The van der Waals surface area contributed by atoms with Gasteiger partial charge in [-0.15, -0.1) is 0 Å². The van der Waals surface area contributed by atoms with Gasteiger partial charge in [-0.2, -0.15) is 0 Å². The van der Waals surface area contributed by atoms with Gasteiger partial charge in [-0.3, -0.25) is 4.79 Å². The number of carboxylic acids is 1. The third-order valence-electron chi connectivity index (χ3n) is 4.08. The molecule has 0 radical (unpaired) electrons. The Hall–Kier alpha value is -1.35. The van der Waals surface area contributed by atoms with Gasteiger partial charge < -0.3 is 10.4 Å². The molecule has 1 saturated heterocycles. The van der Waals surface area contributed by atoms with Crippen molar-refractivity contribution < 1.29 is 9.90 Å². The first kappa shape index (κ1) is 15.0. The molecule has 0 spiro atoms. The Balaban J connectivity index is 2.07. The summed E-state index contributed by atoms with van der Waals surface area (Å²) in [4.78, 5) is 11.5. The van der Waals surface area contributed by atoms with Crippen LogP contribution in [-0.2, 0) is 17.6 Å². The average molecular weight is 275 g/mol. The first-order chi connectivity index (χ1) is 9.56. The predicted octanol–water partition coefficient (Wildman–Crippen LogP) is 2.74. The molecule has 3 nitrogen and oxygen atoms in total. The zero-order valence-electron chi connectivity index (χ0n) is 12.4. The Kier molecular flexibility index (Phi) is 5.18. The van der Waals surface area contributed by atoms with Crippen molar-refractivity contribution in [3.8, 4) is 0 Å². The molecule has 3 heteroatoms. The van der Waals surface area contributed by atoms with Gasteiger partial charge in [0, 0.05) is 0 Å². The van der Waals surface area contributed by atoms with Crippen LogP contribution in [0.15, 0.2) is 24.3 Å². The smallest absolute Gasteiger partial charge is 0.307 e. The minimum Gasteiger partial charge on any atom is -0.481 e. The average Bonchev–Trinajstić information content (AvgIpc) is 2.88. The van der Waals surface area contributed by atoms with Crippen molar-refractivity contribution in [2.75, 3.05) is 13.1 Å². The van der Waals surface area contributed by atoms with Crippen LogP contribution in [0.1, 0.15) is 31.4 Å². The summed E-state index contributed by atoms with van der Waals surface area (Å²) in [6, 6.07) is 8.43. The van der Waals surface area contributed by atoms with E-state index < -0.39 is 5.97 Å². The van der Waals surface area contributed by atoms with Crippen molar-refractivity contribution in [3.63, 3.8) is 0 Å². The predicted molar refractivity (Wildman–Crippen MR) is 80.8 cm³/mol. The quantitative estimate of drug-likeness (QED) is 0.839. The second-order valence-electron chi connectivity index (χ2n) is 6.32. The Labute approximate surface area is 121 Å². The molecule has 0 saturated carbocycles. The van der Waals surface area contributed by atoms with E-state index >= 15 is 0 Å². The van der Waals surface area contributed by atoms with Gasteiger partial charge in [-0.1, -0.05) is 38.1 Å². The molecule has 0 aliphatic carbocycles. The standard InChI is InChI=1S/C17H25NO2/c1-12(2)8-13-4-3-5-14(9-13)10-16(17(19)20)15-6-7-18-11-15/h3-5,9,12,15-16,18H,6-8,10-11H2,1-2H3,(H,19,20)/t15-,16+/m1/s1. The summed E-state index contributed by atoms with van der Waals surface area (Å²) < 4.78 is 0. The highest BCUT2D eigenvalue weighted by atomic mass is 16.4. The van der Waals surface area contributed by atoms with E-state index in [9.17, 15) is 9.90 Å². The monoisotopic (exact) mass is 275 g/mol. The van der Waals surface area contributed by atoms with E-state index in [1.165, 1.54) is 5.56 Å². The Morgan fingerprint density at radius 3 is 2.60 bits per heavy atom. The van der Waals surface area contributed by atoms with Gasteiger partial charge in [-0.05, 0) is 55.3 Å². The molecule has 1 aliphatic rings. The van der Waals surface area contributed by atoms with E-state index in [1.54, 1.807) is 0 Å². The van der Waals surface area contributed by atoms with Crippen molar-refractivity contribution in [3.05, 3.63) is 35.4 Å². The molecular weight excluding hydrogens is 250 g/mol. The summed E-state index contributed by atoms with van der Waals surface area (Å²) >= 11 is 0. The van der Waals surface area contributed by atoms with Crippen molar-refractivity contribution in [1.82, 2.24) is 5.32 Å². The largest absolute Gasteiger partial charge is 0.481 e. The number of rotatable bonds is 6. The summed E-state index contributed by atoms with van der Waals surface area (Å²) in [6.07, 6.45) is 2.67. The fourth-order valence-corrected chi connectivity index (χ4v) is 3.08. The number of hydrogen-bond acceptors (Lipinski definition) is 2. The van der Waals surface area contributed by atoms with Crippen LogP contribution in [0.2, 0.25) is 0 Å². The molecule has 20 heavy (non-hydrogen) atoms. The van der Waals surface area contributed by atoms with Crippen LogP contribution in [0.25, 0.3) is 0 Å². The number of carboxylic acid groups (broad SMARTS) is 1. The third kappa shape index (κ3) is 4.07. The lowest BCUT2D eigenvalue weighted by molar-refractivity contribution is -0.143. The zero-order chi connectivity index (χ0) is 14.5. The minimum atomic E-state index is -0.659. The molecule has 1 aromatic rings. The van der Waals surface area contributed by atoms with E-state index in [1.807, 2.05) is 0 Å². The maximum Gasteiger partial charge on any atom is 0.307 e. The van der Waals surface area contributed by atoms with Crippen LogP contribution in [0, 0.1) is 17.8 Å². The van der Waals surface area contributed by atoms with Gasteiger partial charge in [-0.25, -0.2) is 0 Å². The summed E-state index contributed by atoms with van der Waals surface area (Å²) in [5.41, 5.74) is 2.47. The van der Waals surface area contributed by atoms with E-state index in [4.69, 9.17) is 0 Å². The van der Waals surface area contributed by atoms with Gasteiger partial charge in [0.25, 0.3) is 0 Å². The van der Waals surface area contributed by atoms with Crippen LogP contribution in [0.5, 0.6) is 0 Å². The lowest BCUT2D eigenvalue weighted by Crippen LogP contribution is -2.27. The summed E-state index contributed by atoms with van der Waals surface area (Å²) in [5.74, 6) is -0.0342. The van der Waals surface area contributed by atoms with Crippen molar-refractivity contribution >= 4 is 5.97 Å². The number of nitrogens with one attached hydrogen (secondary N) is 1. The molecule has 0 bridgehead atoms. The Bertz CT molecular complexity index is 450. The molecule has 1 fully saturated rings. The van der Waals surface area contributed by atoms with Gasteiger partial charge in [0.15, 0.2) is 0 Å². The van der Waals surface area contributed by atoms with Gasteiger partial charge in [0.2, 0.25) is 0 Å². The molecule has 2 N–H and O–H groups in total. The SMILES string of the molecule is CC(C)Cc1cccc(C[C@H](C(=O)O)[C@@H]2CCNC2)c1. The first-order valence-electron chi connectivity index (χ1n) is 7.57. The first-order valence-corrected chi connectivity index (χ1v) is 7.57. The maximum atomic E-state index is 11.5. The molecular formula is C17H25NO2. The Morgan fingerprint density at radius 1 is 1.35 bits per heavy atom. The minimum absolute atomic E-state index is 0.265. The maximum absolute atomic E-state index is 11.5. The highest BCUT2D eigenvalue weighted by molar-refractivity contribution is 5.71. The number of carbonyl (C=O) groups is 1. The van der Waals surface area contributed by atoms with Crippen LogP contribution < -0.4 is 5.32 Å². The molecule has 1 aliphatic heterocycles. The summed E-state index contributed by atoms with van der Waals surface area (Å²) in [6.45, 7) is 6.19. The van der Waals surface area contributed by atoms with E-state index in [2.05, 4.69) is 43.4 Å². The second-order valence-corrected chi connectivity index (χ2v) is 6.32. The van der Waals surface area contributed by atoms with Crippen molar-refractivity contribution in [2.24, 2.45) is 17.8 Å². The normalized spacial score (nSPS) is 20.2.